The molecule has 0 rings (SSSR count). The summed E-state index contributed by atoms with van der Waals surface area (Å²) in [7, 11) is 1.16. The van der Waals surface area contributed by atoms with E-state index in [9.17, 15) is 9.36 Å². The predicted octanol–water partition coefficient (Wildman–Crippen LogP) is 2.25. The van der Waals surface area contributed by atoms with E-state index in [4.69, 9.17) is 11.2 Å². The maximum absolute atomic E-state index is 10.9. The molecule has 0 bridgehead atoms. The van der Waals surface area contributed by atoms with Gasteiger partial charge in [-0.15, -0.1) is 0 Å². The molecule has 0 heterocycles. The summed E-state index contributed by atoms with van der Waals surface area (Å²) in [6.45, 7) is -0.244. The van der Waals surface area contributed by atoms with Gasteiger partial charge in [0.1, 0.15) is 0 Å². The van der Waals surface area contributed by atoms with Gasteiger partial charge in [0.15, 0.2) is 0 Å². The van der Waals surface area contributed by atoms with E-state index in [2.05, 4.69) is 4.52 Å². The van der Waals surface area contributed by atoms with Crippen molar-refractivity contribution >= 4 is 23.5 Å². The summed E-state index contributed by atoms with van der Waals surface area (Å²) in [6, 6.07) is 0. The largest absolute Gasteiger partial charge is 0.354 e. The zero-order chi connectivity index (χ0) is 8.36. The van der Waals surface area contributed by atoms with Gasteiger partial charge in [0.2, 0.25) is 5.52 Å². The Morgan fingerprint density at radius 3 is 2.10 bits per heavy atom. The average Bonchev–Trinajstić information content (AvgIpc) is 1.86. The van der Waals surface area contributed by atoms with Crippen molar-refractivity contribution in [3.8, 4) is 0 Å². The fraction of sp³-hybridized carbons (Fsp3) is 0.800. The highest BCUT2D eigenvalue weighted by Crippen LogP contribution is 2.54. The molecule has 5 heteroatoms. The second-order valence-electron chi connectivity index (χ2n) is 2.16. The Balaban J connectivity index is 4.35. The molecule has 0 saturated heterocycles. The summed E-state index contributed by atoms with van der Waals surface area (Å²) in [5, 5.41) is 0. The lowest BCUT2D eigenvalue weighted by atomic mass is 10.3. The third-order valence-corrected chi connectivity index (χ3v) is 3.42. The van der Waals surface area contributed by atoms with Crippen LogP contribution in [0.5, 0.6) is 0 Å². The fourth-order valence-electron chi connectivity index (χ4n) is 0.398. The molecule has 0 radical (unpaired) electrons. The van der Waals surface area contributed by atoms with Crippen molar-refractivity contribution in [1.29, 1.82) is 0 Å². The first-order valence-electron chi connectivity index (χ1n) is 2.81. The molecule has 0 aliphatic carbocycles. The zero-order valence-electron chi connectivity index (χ0n) is 6.13. The standard InChI is InChI=1S/C5H10ClO3P/c1-4(2)5(7)10(6,8)9-3/h4H,1-3H3. The van der Waals surface area contributed by atoms with E-state index in [-0.39, 0.29) is 5.92 Å². The van der Waals surface area contributed by atoms with Crippen molar-refractivity contribution in [3.05, 3.63) is 0 Å². The van der Waals surface area contributed by atoms with Gasteiger partial charge in [-0.05, 0) is 11.2 Å². The number of hydrogen-bond donors (Lipinski definition) is 0. The summed E-state index contributed by atoms with van der Waals surface area (Å²) >= 11 is 5.25. The Morgan fingerprint density at radius 1 is 1.60 bits per heavy atom. The Bertz CT molecular complexity index is 178. The van der Waals surface area contributed by atoms with Crippen molar-refractivity contribution in [3.63, 3.8) is 0 Å². The molecule has 0 aliphatic heterocycles. The maximum Gasteiger partial charge on any atom is 0.354 e. The van der Waals surface area contributed by atoms with Crippen LogP contribution >= 0.6 is 18.0 Å². The predicted molar refractivity (Wildman–Crippen MR) is 40.3 cm³/mol. The third-order valence-electron chi connectivity index (χ3n) is 0.992. The Kier molecular flexibility index (Phi) is 3.57. The van der Waals surface area contributed by atoms with Crippen LogP contribution in [0.15, 0.2) is 0 Å². The van der Waals surface area contributed by atoms with E-state index in [0.29, 0.717) is 0 Å². The minimum absolute atomic E-state index is 0.344. The molecule has 10 heavy (non-hydrogen) atoms. The smallest absolute Gasteiger partial charge is 0.316 e. The summed E-state index contributed by atoms with van der Waals surface area (Å²) in [5.41, 5.74) is -0.531. The molecule has 60 valence electrons. The molecule has 0 amide bonds. The maximum atomic E-state index is 10.9. The van der Waals surface area contributed by atoms with Crippen molar-refractivity contribution in [2.45, 2.75) is 13.8 Å². The number of halogens is 1. The van der Waals surface area contributed by atoms with Gasteiger partial charge in [-0.2, -0.15) is 0 Å². The summed E-state index contributed by atoms with van der Waals surface area (Å²) in [5.74, 6) is -0.344. The lowest BCUT2D eigenvalue weighted by Gasteiger charge is -2.07. The van der Waals surface area contributed by atoms with Crippen molar-refractivity contribution < 1.29 is 13.9 Å². The van der Waals surface area contributed by atoms with E-state index in [1.165, 1.54) is 0 Å². The molecule has 1 atom stereocenters. The molecule has 3 nitrogen and oxygen atoms in total. The van der Waals surface area contributed by atoms with Crippen molar-refractivity contribution in [1.82, 2.24) is 0 Å². The van der Waals surface area contributed by atoms with Gasteiger partial charge in [0, 0.05) is 13.0 Å². The Morgan fingerprint density at radius 2 is 2.00 bits per heavy atom. The summed E-state index contributed by atoms with van der Waals surface area (Å²) in [4.78, 5) is 10.9. The van der Waals surface area contributed by atoms with Gasteiger partial charge in [-0.3, -0.25) is 9.36 Å². The number of rotatable bonds is 3. The minimum atomic E-state index is -3.49. The minimum Gasteiger partial charge on any atom is -0.316 e. The fourth-order valence-corrected chi connectivity index (χ4v) is 1.78. The van der Waals surface area contributed by atoms with E-state index in [1.807, 2.05) is 0 Å². The molecule has 0 aromatic heterocycles. The molecular weight excluding hydrogens is 174 g/mol. The van der Waals surface area contributed by atoms with Gasteiger partial charge in [-0.25, -0.2) is 0 Å². The topological polar surface area (TPSA) is 43.4 Å². The van der Waals surface area contributed by atoms with E-state index in [1.54, 1.807) is 13.8 Å². The van der Waals surface area contributed by atoms with Crippen LogP contribution in [-0.4, -0.2) is 12.6 Å². The first-order chi connectivity index (χ1) is 4.41. The second kappa shape index (κ2) is 3.51. The SMILES string of the molecule is COP(=O)(Cl)C(=O)C(C)C. The van der Waals surface area contributed by atoms with Crippen LogP contribution in [0.2, 0.25) is 0 Å². The molecule has 0 aromatic carbocycles. The molecule has 0 saturated carbocycles. The van der Waals surface area contributed by atoms with Crippen LogP contribution in [0.4, 0.5) is 0 Å². The van der Waals surface area contributed by atoms with E-state index >= 15 is 0 Å². The molecule has 0 spiro atoms. The van der Waals surface area contributed by atoms with Crippen LogP contribution in [0.3, 0.4) is 0 Å². The van der Waals surface area contributed by atoms with Gasteiger partial charge < -0.3 is 4.52 Å². The second-order valence-corrected chi connectivity index (χ2v) is 5.26. The zero-order valence-corrected chi connectivity index (χ0v) is 7.78. The van der Waals surface area contributed by atoms with Gasteiger partial charge in [-0.1, -0.05) is 13.8 Å². The van der Waals surface area contributed by atoms with E-state index in [0.717, 1.165) is 7.11 Å². The van der Waals surface area contributed by atoms with Gasteiger partial charge in [0.25, 0.3) is 0 Å². The number of carbonyl (C=O) groups is 1. The van der Waals surface area contributed by atoms with Crippen LogP contribution in [0.25, 0.3) is 0 Å². The number of hydrogen-bond acceptors (Lipinski definition) is 3. The summed E-state index contributed by atoms with van der Waals surface area (Å²) < 4.78 is 15.2. The molecule has 0 fully saturated rings. The molecular formula is C5H10ClO3P. The average molecular weight is 185 g/mol. The van der Waals surface area contributed by atoms with Crippen LogP contribution in [0, 0.1) is 5.92 Å². The highest BCUT2D eigenvalue weighted by atomic mass is 35.7. The lowest BCUT2D eigenvalue weighted by Crippen LogP contribution is -2.05. The molecule has 0 N–H and O–H groups in total. The van der Waals surface area contributed by atoms with E-state index < -0.39 is 12.2 Å². The quantitative estimate of drug-likeness (QED) is 0.632. The normalized spacial score (nSPS) is 16.9. The first kappa shape index (κ1) is 10.2. The van der Waals surface area contributed by atoms with Crippen LogP contribution < -0.4 is 0 Å². The Labute approximate surface area is 64.9 Å². The monoisotopic (exact) mass is 184 g/mol. The Hall–Kier alpha value is 0.150. The first-order valence-corrected chi connectivity index (χ1v) is 5.34. The third kappa shape index (κ3) is 2.41. The highest BCUT2D eigenvalue weighted by Gasteiger charge is 2.30. The van der Waals surface area contributed by atoms with Crippen molar-refractivity contribution in [2.75, 3.05) is 7.11 Å². The van der Waals surface area contributed by atoms with Gasteiger partial charge >= 0.3 is 6.72 Å². The van der Waals surface area contributed by atoms with Gasteiger partial charge in [0.05, 0.1) is 0 Å². The summed E-state index contributed by atoms with van der Waals surface area (Å²) in [6.07, 6.45) is 0. The van der Waals surface area contributed by atoms with Crippen LogP contribution in [-0.2, 0) is 13.9 Å². The lowest BCUT2D eigenvalue weighted by molar-refractivity contribution is -0.115. The van der Waals surface area contributed by atoms with Crippen molar-refractivity contribution in [2.24, 2.45) is 5.92 Å². The molecule has 0 aromatic rings. The molecule has 1 unspecified atom stereocenters. The molecule has 0 aliphatic rings. The highest BCUT2D eigenvalue weighted by molar-refractivity contribution is 7.98. The number of carbonyl (C=O) groups excluding carboxylic acids is 1. The van der Waals surface area contributed by atoms with Crippen LogP contribution in [0.1, 0.15) is 13.8 Å².